The Morgan fingerprint density at radius 3 is 2.51 bits per heavy atom. The molecule has 0 bridgehead atoms. The van der Waals surface area contributed by atoms with Crippen LogP contribution < -0.4 is 5.32 Å². The molecule has 1 unspecified atom stereocenters. The number of ether oxygens (including phenoxy) is 2. The van der Waals surface area contributed by atoms with Gasteiger partial charge in [0.2, 0.25) is 0 Å². The molecule has 11 heteroatoms. The summed E-state index contributed by atoms with van der Waals surface area (Å²) in [5.41, 5.74) is 4.56. The molecule has 2 aromatic heterocycles. The van der Waals surface area contributed by atoms with Crippen LogP contribution in [0, 0.1) is 6.92 Å². The first-order chi connectivity index (χ1) is 18.8. The molecule has 1 N–H and O–H groups in total. The van der Waals surface area contributed by atoms with E-state index in [4.69, 9.17) is 9.47 Å². The third-order valence-corrected chi connectivity index (χ3v) is 8.34. The van der Waals surface area contributed by atoms with E-state index in [1.807, 2.05) is 35.9 Å². The summed E-state index contributed by atoms with van der Waals surface area (Å²) in [4.78, 5) is 39.5. The number of aromatic nitrogens is 3. The number of nitrogens with one attached hydrogen (secondary N) is 1. The van der Waals surface area contributed by atoms with E-state index in [0.717, 1.165) is 39.1 Å². The predicted octanol–water partition coefficient (Wildman–Crippen LogP) is 5.10. The highest BCUT2D eigenvalue weighted by atomic mass is 32.2. The van der Waals surface area contributed by atoms with Crippen molar-refractivity contribution in [2.24, 2.45) is 0 Å². The summed E-state index contributed by atoms with van der Waals surface area (Å²) in [5.74, 6) is -0.964. The highest BCUT2D eigenvalue weighted by molar-refractivity contribution is 7.98. The maximum atomic E-state index is 13.1. The third kappa shape index (κ3) is 5.07. The van der Waals surface area contributed by atoms with Crippen molar-refractivity contribution in [2.75, 3.05) is 18.7 Å². The van der Waals surface area contributed by atoms with Crippen molar-refractivity contribution in [1.82, 2.24) is 14.8 Å². The predicted molar refractivity (Wildman–Crippen MR) is 150 cm³/mol. The first-order valence-electron chi connectivity index (χ1n) is 12.2. The Kier molecular flexibility index (Phi) is 7.53. The fraction of sp³-hybridized carbons (Fsp3) is 0.250. The maximum absolute atomic E-state index is 13.1. The van der Waals surface area contributed by atoms with E-state index in [1.54, 1.807) is 24.3 Å². The van der Waals surface area contributed by atoms with E-state index >= 15 is 0 Å². The number of aryl methyl sites for hydroxylation is 2. The average molecular weight is 563 g/mol. The highest BCUT2D eigenvalue weighted by Crippen LogP contribution is 2.45. The van der Waals surface area contributed by atoms with Crippen molar-refractivity contribution in [2.45, 2.75) is 37.9 Å². The standard InChI is InChI=1S/C28H26N4O5S2/c1-15(37-26(34)18-9-12-19(13-10-18)32-16(2)30-31-28(32)38-4)24(33)29-25-22(27(35)36-3)21-14-11-17-7-5-6-8-20(17)23(21)39-25/h5-10,12-13,15H,11,14H2,1-4H3,(H,29,33). The highest BCUT2D eigenvalue weighted by Gasteiger charge is 2.30. The molecule has 5 rings (SSSR count). The molecule has 0 saturated heterocycles. The Hall–Kier alpha value is -3.96. The van der Waals surface area contributed by atoms with Gasteiger partial charge in [0, 0.05) is 10.6 Å². The SMILES string of the molecule is COC(=O)c1c(NC(=O)C(C)OC(=O)c2ccc(-n3c(C)nnc3SC)cc2)sc2c1CCc1ccccc1-2. The van der Waals surface area contributed by atoms with Gasteiger partial charge in [0.25, 0.3) is 5.91 Å². The topological polar surface area (TPSA) is 112 Å². The van der Waals surface area contributed by atoms with Crippen LogP contribution in [-0.4, -0.2) is 52.1 Å². The first kappa shape index (κ1) is 26.6. The molecule has 0 aliphatic heterocycles. The monoisotopic (exact) mass is 562 g/mol. The number of fused-ring (bicyclic) bond motifs is 3. The molecule has 9 nitrogen and oxygen atoms in total. The summed E-state index contributed by atoms with van der Waals surface area (Å²) < 4.78 is 12.4. The van der Waals surface area contributed by atoms with Gasteiger partial charge in [-0.3, -0.25) is 9.36 Å². The third-order valence-electron chi connectivity index (χ3n) is 6.53. The second kappa shape index (κ2) is 11.0. The molecule has 2 heterocycles. The van der Waals surface area contributed by atoms with Gasteiger partial charge in [-0.25, -0.2) is 9.59 Å². The van der Waals surface area contributed by atoms with Crippen LogP contribution in [0.2, 0.25) is 0 Å². The van der Waals surface area contributed by atoms with Crippen LogP contribution in [0.4, 0.5) is 5.00 Å². The van der Waals surface area contributed by atoms with Gasteiger partial charge in [0.15, 0.2) is 11.3 Å². The van der Waals surface area contributed by atoms with Gasteiger partial charge in [-0.2, -0.15) is 0 Å². The minimum absolute atomic E-state index is 0.299. The molecule has 0 saturated carbocycles. The quantitative estimate of drug-likeness (QED) is 0.245. The Bertz CT molecular complexity index is 1580. The van der Waals surface area contributed by atoms with Crippen molar-refractivity contribution >= 4 is 45.9 Å². The summed E-state index contributed by atoms with van der Waals surface area (Å²) in [5, 5.41) is 12.1. The zero-order chi connectivity index (χ0) is 27.7. The number of thiophene rings is 1. The molecule has 1 aliphatic rings. The molecule has 0 spiro atoms. The molecule has 1 atom stereocenters. The van der Waals surface area contributed by atoms with E-state index in [9.17, 15) is 14.4 Å². The lowest BCUT2D eigenvalue weighted by atomic mass is 9.89. The summed E-state index contributed by atoms with van der Waals surface area (Å²) in [6.07, 6.45) is 2.27. The van der Waals surface area contributed by atoms with Crippen LogP contribution in [0.15, 0.2) is 53.7 Å². The lowest BCUT2D eigenvalue weighted by molar-refractivity contribution is -0.123. The number of thioether (sulfide) groups is 1. The van der Waals surface area contributed by atoms with Gasteiger partial charge in [-0.1, -0.05) is 36.0 Å². The maximum Gasteiger partial charge on any atom is 0.341 e. The second-order valence-electron chi connectivity index (χ2n) is 8.92. The van der Waals surface area contributed by atoms with Crippen molar-refractivity contribution in [3.63, 3.8) is 0 Å². The zero-order valence-corrected chi connectivity index (χ0v) is 23.4. The van der Waals surface area contributed by atoms with Crippen molar-refractivity contribution in [3.8, 4) is 16.1 Å². The molecular weight excluding hydrogens is 536 g/mol. The summed E-state index contributed by atoms with van der Waals surface area (Å²) >= 11 is 2.79. The molecule has 2 aromatic carbocycles. The largest absolute Gasteiger partial charge is 0.465 e. The van der Waals surface area contributed by atoms with Gasteiger partial charge in [-0.05, 0) is 73.9 Å². The molecule has 4 aromatic rings. The van der Waals surface area contributed by atoms with Gasteiger partial charge in [0.1, 0.15) is 10.8 Å². The number of benzene rings is 2. The van der Waals surface area contributed by atoms with Crippen LogP contribution in [0.3, 0.4) is 0 Å². The Labute approximate surface area is 233 Å². The summed E-state index contributed by atoms with van der Waals surface area (Å²) in [6.45, 7) is 3.34. The smallest absolute Gasteiger partial charge is 0.341 e. The van der Waals surface area contributed by atoms with Crippen LogP contribution in [0.25, 0.3) is 16.1 Å². The second-order valence-corrected chi connectivity index (χ2v) is 10.7. The zero-order valence-electron chi connectivity index (χ0n) is 21.8. The van der Waals surface area contributed by atoms with Crippen LogP contribution in [-0.2, 0) is 27.1 Å². The van der Waals surface area contributed by atoms with E-state index in [1.165, 1.54) is 42.7 Å². The summed E-state index contributed by atoms with van der Waals surface area (Å²) in [6, 6.07) is 14.8. The van der Waals surface area contributed by atoms with E-state index in [2.05, 4.69) is 21.6 Å². The van der Waals surface area contributed by atoms with Gasteiger partial charge in [-0.15, -0.1) is 21.5 Å². The Morgan fingerprint density at radius 1 is 1.05 bits per heavy atom. The normalized spacial score (nSPS) is 12.7. The van der Waals surface area contributed by atoms with Crippen molar-refractivity contribution in [3.05, 3.63) is 76.6 Å². The number of rotatable bonds is 7. The average Bonchev–Trinajstić information content (AvgIpc) is 3.52. The molecular formula is C28H26N4O5S2. The van der Waals surface area contributed by atoms with E-state index < -0.39 is 23.9 Å². The Morgan fingerprint density at radius 2 is 1.79 bits per heavy atom. The number of nitrogens with zero attached hydrogens (tertiary/aromatic N) is 3. The number of anilines is 1. The molecule has 1 aliphatic carbocycles. The van der Waals surface area contributed by atoms with Gasteiger partial charge in [0.05, 0.1) is 18.2 Å². The van der Waals surface area contributed by atoms with Crippen molar-refractivity contribution < 1.29 is 23.9 Å². The van der Waals surface area contributed by atoms with E-state index in [-0.39, 0.29) is 0 Å². The first-order valence-corrected chi connectivity index (χ1v) is 14.3. The van der Waals surface area contributed by atoms with Gasteiger partial charge >= 0.3 is 11.9 Å². The van der Waals surface area contributed by atoms with Gasteiger partial charge < -0.3 is 14.8 Å². The molecule has 39 heavy (non-hydrogen) atoms. The lowest BCUT2D eigenvalue weighted by Gasteiger charge is -2.16. The van der Waals surface area contributed by atoms with Crippen molar-refractivity contribution in [1.29, 1.82) is 0 Å². The minimum Gasteiger partial charge on any atom is -0.465 e. The molecule has 1 amide bonds. The number of esters is 2. The number of hydrogen-bond donors (Lipinski definition) is 1. The number of methoxy groups -OCH3 is 1. The number of hydrogen-bond acceptors (Lipinski definition) is 9. The van der Waals surface area contributed by atoms with Crippen LogP contribution in [0.1, 0.15) is 44.6 Å². The number of carbonyl (C=O) groups is 3. The molecule has 0 fully saturated rings. The molecule has 0 radical (unpaired) electrons. The number of carbonyl (C=O) groups excluding carboxylic acids is 3. The lowest BCUT2D eigenvalue weighted by Crippen LogP contribution is -2.30. The van der Waals surface area contributed by atoms with Crippen LogP contribution >= 0.6 is 23.1 Å². The number of amides is 1. The van der Waals surface area contributed by atoms with E-state index in [0.29, 0.717) is 22.5 Å². The Balaban J connectivity index is 1.32. The fourth-order valence-corrected chi connectivity index (χ4v) is 6.40. The summed E-state index contributed by atoms with van der Waals surface area (Å²) in [7, 11) is 1.32. The molecule has 200 valence electrons. The minimum atomic E-state index is -1.10. The van der Waals surface area contributed by atoms with Crippen LogP contribution in [0.5, 0.6) is 0 Å². The fourth-order valence-electron chi connectivity index (χ4n) is 4.56.